The van der Waals surface area contributed by atoms with Crippen LogP contribution in [-0.2, 0) is 11.3 Å². The summed E-state index contributed by atoms with van der Waals surface area (Å²) >= 11 is 0. The normalized spacial score (nSPS) is 15.1. The smallest absolute Gasteiger partial charge is 0.227 e. The standard InChI is InChI=1S/C27H34N4O/c1-20-6-4-7-25(18-20)23-8-10-26(11-9-23)28-27(32)24-12-16-30(17-13-24)14-5-15-31-22(3)19-21(2)29-31/h4,6-11,18-19,24H,5,12-17H2,1-3H3,(H,28,32). The van der Waals surface area contributed by atoms with Gasteiger partial charge in [0.15, 0.2) is 0 Å². The third-order valence-electron chi connectivity index (χ3n) is 6.41. The molecule has 0 aliphatic carbocycles. The topological polar surface area (TPSA) is 50.2 Å². The van der Waals surface area contributed by atoms with E-state index >= 15 is 0 Å². The Morgan fingerprint density at radius 1 is 0.969 bits per heavy atom. The number of nitrogens with zero attached hydrogens (tertiary/aromatic N) is 3. The van der Waals surface area contributed by atoms with E-state index < -0.39 is 0 Å². The molecule has 1 amide bonds. The van der Waals surface area contributed by atoms with Gasteiger partial charge in [0.25, 0.3) is 0 Å². The number of hydrogen-bond acceptors (Lipinski definition) is 3. The number of hydrogen-bond donors (Lipinski definition) is 1. The summed E-state index contributed by atoms with van der Waals surface area (Å²) in [5.74, 6) is 0.245. The number of anilines is 1. The van der Waals surface area contributed by atoms with Crippen LogP contribution in [0, 0.1) is 26.7 Å². The van der Waals surface area contributed by atoms with Crippen LogP contribution in [0.5, 0.6) is 0 Å². The van der Waals surface area contributed by atoms with Crippen molar-refractivity contribution >= 4 is 11.6 Å². The van der Waals surface area contributed by atoms with Crippen molar-refractivity contribution in [1.29, 1.82) is 0 Å². The van der Waals surface area contributed by atoms with E-state index in [1.54, 1.807) is 0 Å². The Labute approximate surface area is 191 Å². The zero-order chi connectivity index (χ0) is 22.5. The molecule has 0 atom stereocenters. The number of aromatic nitrogens is 2. The average Bonchev–Trinajstić information content (AvgIpc) is 3.11. The zero-order valence-corrected chi connectivity index (χ0v) is 19.5. The molecule has 4 rings (SSSR count). The molecule has 3 aromatic rings. The second kappa shape index (κ2) is 10.1. The molecule has 0 bridgehead atoms. The number of nitrogens with one attached hydrogen (secondary N) is 1. The van der Waals surface area contributed by atoms with Crippen molar-refractivity contribution in [1.82, 2.24) is 14.7 Å². The van der Waals surface area contributed by atoms with E-state index in [0.717, 1.165) is 56.8 Å². The van der Waals surface area contributed by atoms with Gasteiger partial charge in [-0.2, -0.15) is 5.10 Å². The second-order valence-electron chi connectivity index (χ2n) is 9.06. The number of piperidine rings is 1. The molecule has 0 unspecified atom stereocenters. The van der Waals surface area contributed by atoms with Gasteiger partial charge in [0.2, 0.25) is 5.91 Å². The first-order valence-corrected chi connectivity index (χ1v) is 11.7. The fraction of sp³-hybridized carbons (Fsp3) is 0.407. The summed E-state index contributed by atoms with van der Waals surface area (Å²) in [5.41, 5.74) is 6.80. The molecule has 2 aromatic carbocycles. The number of carbonyl (C=O) groups excluding carboxylic acids is 1. The predicted molar refractivity (Wildman–Crippen MR) is 131 cm³/mol. The number of rotatable bonds is 7. The maximum atomic E-state index is 12.8. The second-order valence-corrected chi connectivity index (χ2v) is 9.06. The first kappa shape index (κ1) is 22.3. The van der Waals surface area contributed by atoms with Crippen LogP contribution >= 0.6 is 0 Å². The molecule has 5 heteroatoms. The van der Waals surface area contributed by atoms with Gasteiger partial charge in [-0.3, -0.25) is 9.48 Å². The summed E-state index contributed by atoms with van der Waals surface area (Å²) in [5, 5.41) is 7.66. The van der Waals surface area contributed by atoms with Gasteiger partial charge in [-0.05, 0) is 89.0 Å². The predicted octanol–water partition coefficient (Wildman–Crippen LogP) is 5.22. The van der Waals surface area contributed by atoms with Crippen molar-refractivity contribution in [3.63, 3.8) is 0 Å². The van der Waals surface area contributed by atoms with Crippen molar-refractivity contribution in [3.05, 3.63) is 71.5 Å². The number of aryl methyl sites for hydroxylation is 4. The largest absolute Gasteiger partial charge is 0.326 e. The van der Waals surface area contributed by atoms with Crippen LogP contribution in [0.15, 0.2) is 54.6 Å². The number of likely N-dealkylation sites (tertiary alicyclic amines) is 1. The number of benzene rings is 2. The fourth-order valence-electron chi connectivity index (χ4n) is 4.58. The van der Waals surface area contributed by atoms with Gasteiger partial charge in [0.1, 0.15) is 0 Å². The Bertz CT molecular complexity index is 1050. The molecule has 2 heterocycles. The molecular weight excluding hydrogens is 396 g/mol. The molecule has 1 aliphatic rings. The lowest BCUT2D eigenvalue weighted by atomic mass is 9.95. The quantitative estimate of drug-likeness (QED) is 0.559. The molecule has 1 fully saturated rings. The maximum absolute atomic E-state index is 12.8. The SMILES string of the molecule is Cc1cccc(-c2ccc(NC(=O)C3CCN(CCCn4nc(C)cc4C)CC3)cc2)c1. The van der Waals surface area contributed by atoms with E-state index in [9.17, 15) is 4.79 Å². The summed E-state index contributed by atoms with van der Waals surface area (Å²) in [4.78, 5) is 15.2. The summed E-state index contributed by atoms with van der Waals surface area (Å²) in [6.07, 6.45) is 2.94. The molecule has 0 spiro atoms. The Balaban J connectivity index is 1.22. The van der Waals surface area contributed by atoms with E-state index in [1.165, 1.54) is 22.4 Å². The third kappa shape index (κ3) is 5.65. The van der Waals surface area contributed by atoms with E-state index in [4.69, 9.17) is 0 Å². The number of amides is 1. The Morgan fingerprint density at radius 2 is 1.72 bits per heavy atom. The summed E-state index contributed by atoms with van der Waals surface area (Å²) in [7, 11) is 0. The highest BCUT2D eigenvalue weighted by Crippen LogP contribution is 2.24. The minimum absolute atomic E-state index is 0.0960. The molecule has 0 radical (unpaired) electrons. The van der Waals surface area contributed by atoms with Crippen LogP contribution in [0.25, 0.3) is 11.1 Å². The monoisotopic (exact) mass is 430 g/mol. The molecular formula is C27H34N4O. The molecule has 32 heavy (non-hydrogen) atoms. The fourth-order valence-corrected chi connectivity index (χ4v) is 4.58. The zero-order valence-electron chi connectivity index (χ0n) is 19.5. The molecule has 1 aliphatic heterocycles. The van der Waals surface area contributed by atoms with Crippen molar-refractivity contribution in [2.24, 2.45) is 5.92 Å². The highest BCUT2D eigenvalue weighted by molar-refractivity contribution is 5.92. The van der Waals surface area contributed by atoms with Crippen LogP contribution in [0.2, 0.25) is 0 Å². The van der Waals surface area contributed by atoms with Crippen molar-refractivity contribution in [3.8, 4) is 11.1 Å². The lowest BCUT2D eigenvalue weighted by Gasteiger charge is -2.31. The van der Waals surface area contributed by atoms with E-state index in [1.807, 2.05) is 19.1 Å². The number of carbonyl (C=O) groups is 1. The minimum Gasteiger partial charge on any atom is -0.326 e. The Kier molecular flexibility index (Phi) is 7.05. The lowest BCUT2D eigenvalue weighted by molar-refractivity contribution is -0.121. The Morgan fingerprint density at radius 3 is 2.38 bits per heavy atom. The molecule has 0 saturated carbocycles. The molecule has 168 valence electrons. The summed E-state index contributed by atoms with van der Waals surface area (Å²) < 4.78 is 2.10. The maximum Gasteiger partial charge on any atom is 0.227 e. The molecule has 1 aromatic heterocycles. The highest BCUT2D eigenvalue weighted by atomic mass is 16.1. The first-order valence-electron chi connectivity index (χ1n) is 11.7. The van der Waals surface area contributed by atoms with Gasteiger partial charge >= 0.3 is 0 Å². The minimum atomic E-state index is 0.0960. The van der Waals surface area contributed by atoms with Crippen LogP contribution < -0.4 is 5.32 Å². The van der Waals surface area contributed by atoms with Gasteiger partial charge in [0.05, 0.1) is 5.69 Å². The van der Waals surface area contributed by atoms with Crippen molar-refractivity contribution in [2.75, 3.05) is 25.0 Å². The highest BCUT2D eigenvalue weighted by Gasteiger charge is 2.24. The average molecular weight is 431 g/mol. The summed E-state index contributed by atoms with van der Waals surface area (Å²) in [6.45, 7) is 10.2. The van der Waals surface area contributed by atoms with E-state index in [0.29, 0.717) is 0 Å². The van der Waals surface area contributed by atoms with E-state index in [2.05, 4.69) is 76.3 Å². The van der Waals surface area contributed by atoms with Crippen molar-refractivity contribution < 1.29 is 4.79 Å². The van der Waals surface area contributed by atoms with E-state index in [-0.39, 0.29) is 11.8 Å². The van der Waals surface area contributed by atoms with Crippen LogP contribution in [0.3, 0.4) is 0 Å². The summed E-state index contributed by atoms with van der Waals surface area (Å²) in [6, 6.07) is 18.8. The van der Waals surface area contributed by atoms with Crippen LogP contribution in [0.4, 0.5) is 5.69 Å². The third-order valence-corrected chi connectivity index (χ3v) is 6.41. The van der Waals surface area contributed by atoms with Crippen molar-refractivity contribution in [2.45, 2.75) is 46.6 Å². The van der Waals surface area contributed by atoms with Crippen LogP contribution in [-0.4, -0.2) is 40.2 Å². The first-order chi connectivity index (χ1) is 15.5. The van der Waals surface area contributed by atoms with Gasteiger partial charge in [0, 0.05) is 23.8 Å². The molecule has 1 saturated heterocycles. The molecule has 5 nitrogen and oxygen atoms in total. The molecule has 1 N–H and O–H groups in total. The van der Waals surface area contributed by atoms with Crippen LogP contribution in [0.1, 0.15) is 36.2 Å². The van der Waals surface area contributed by atoms with Gasteiger partial charge in [-0.15, -0.1) is 0 Å². The van der Waals surface area contributed by atoms with Gasteiger partial charge in [-0.1, -0.05) is 42.0 Å². The lowest BCUT2D eigenvalue weighted by Crippen LogP contribution is -2.38. The van der Waals surface area contributed by atoms with Gasteiger partial charge < -0.3 is 10.2 Å². The Hall–Kier alpha value is -2.92. The van der Waals surface area contributed by atoms with Gasteiger partial charge in [-0.25, -0.2) is 0 Å².